The molecular formula is C11H18BrN3O2. The summed E-state index contributed by atoms with van der Waals surface area (Å²) in [5, 5.41) is 18.7. The molecule has 1 saturated heterocycles. The van der Waals surface area contributed by atoms with Crippen LogP contribution in [0.25, 0.3) is 0 Å². The lowest BCUT2D eigenvalue weighted by atomic mass is 9.80. The molecule has 1 aromatic heterocycles. The summed E-state index contributed by atoms with van der Waals surface area (Å²) >= 11 is 3.35. The topological polar surface area (TPSA) is 60.2 Å². The number of aryl methyl sites for hydroxylation is 1. The molecule has 5 nitrogen and oxygen atoms in total. The summed E-state index contributed by atoms with van der Waals surface area (Å²) in [6, 6.07) is 0. The lowest BCUT2D eigenvalue weighted by molar-refractivity contribution is -0.160. The van der Waals surface area contributed by atoms with E-state index in [0.29, 0.717) is 24.1 Å². The van der Waals surface area contributed by atoms with Crippen molar-refractivity contribution >= 4 is 15.9 Å². The van der Waals surface area contributed by atoms with E-state index in [1.807, 2.05) is 6.92 Å². The van der Waals surface area contributed by atoms with Crippen LogP contribution < -0.4 is 0 Å². The van der Waals surface area contributed by atoms with Crippen molar-refractivity contribution in [3.05, 3.63) is 10.3 Å². The first-order chi connectivity index (χ1) is 7.90. The molecule has 1 fully saturated rings. The lowest BCUT2D eigenvalue weighted by Crippen LogP contribution is -2.46. The Bertz CT molecular complexity index is 403. The van der Waals surface area contributed by atoms with Crippen molar-refractivity contribution in [2.24, 2.45) is 7.05 Å². The molecule has 6 heteroatoms. The van der Waals surface area contributed by atoms with Gasteiger partial charge < -0.3 is 9.84 Å². The highest BCUT2D eigenvalue weighted by atomic mass is 79.9. The largest absolute Gasteiger partial charge is 0.383 e. The molecule has 1 aliphatic rings. The maximum atomic E-state index is 10.8. The predicted octanol–water partition coefficient (Wildman–Crippen LogP) is 1.74. The van der Waals surface area contributed by atoms with Crippen molar-refractivity contribution < 1.29 is 9.84 Å². The second-order valence-electron chi connectivity index (χ2n) is 4.96. The maximum absolute atomic E-state index is 10.8. The third kappa shape index (κ3) is 2.26. The molecule has 0 saturated carbocycles. The Morgan fingerprint density at radius 3 is 2.82 bits per heavy atom. The number of nitrogens with zero attached hydrogens (tertiary/aromatic N) is 3. The highest BCUT2D eigenvalue weighted by Crippen LogP contribution is 2.42. The SMILES string of the molecule is CCC1(C)CC(O)(c2c(Br)nnn2C)CCO1. The van der Waals surface area contributed by atoms with E-state index in [4.69, 9.17) is 4.74 Å². The molecule has 2 unspecified atom stereocenters. The number of hydrogen-bond acceptors (Lipinski definition) is 4. The third-order valence-corrected chi connectivity index (χ3v) is 4.14. The summed E-state index contributed by atoms with van der Waals surface area (Å²) in [6.07, 6.45) is 2.01. The third-order valence-electron chi connectivity index (χ3n) is 3.61. The zero-order valence-electron chi connectivity index (χ0n) is 10.4. The van der Waals surface area contributed by atoms with E-state index in [0.717, 1.165) is 12.1 Å². The number of aliphatic hydroxyl groups is 1. The fourth-order valence-corrected chi connectivity index (χ4v) is 3.18. The van der Waals surface area contributed by atoms with Crippen LogP contribution in [-0.2, 0) is 17.4 Å². The molecule has 2 atom stereocenters. The molecule has 0 aliphatic carbocycles. The fraction of sp³-hybridized carbons (Fsp3) is 0.818. The van der Waals surface area contributed by atoms with Crippen LogP contribution in [0.4, 0.5) is 0 Å². The second-order valence-corrected chi connectivity index (χ2v) is 5.71. The van der Waals surface area contributed by atoms with Gasteiger partial charge in [-0.2, -0.15) is 0 Å². The van der Waals surface area contributed by atoms with Gasteiger partial charge in [-0.3, -0.25) is 0 Å². The van der Waals surface area contributed by atoms with Gasteiger partial charge in [0.05, 0.1) is 12.2 Å². The maximum Gasteiger partial charge on any atom is 0.154 e. The Hall–Kier alpha value is -0.460. The average molecular weight is 304 g/mol. The van der Waals surface area contributed by atoms with Gasteiger partial charge in [0.15, 0.2) is 4.60 Å². The first kappa shape index (κ1) is 13.0. The van der Waals surface area contributed by atoms with Gasteiger partial charge >= 0.3 is 0 Å². The van der Waals surface area contributed by atoms with E-state index in [-0.39, 0.29) is 5.60 Å². The Morgan fingerprint density at radius 2 is 2.29 bits per heavy atom. The number of ether oxygens (including phenoxy) is 1. The van der Waals surface area contributed by atoms with Crippen molar-refractivity contribution in [3.63, 3.8) is 0 Å². The standard InChI is InChI=1S/C11H18BrN3O2/c1-4-10(2)7-11(16,5-6-17-10)8-9(12)13-14-15(8)3/h16H,4-7H2,1-3H3. The molecular weight excluding hydrogens is 286 g/mol. The molecule has 2 rings (SSSR count). The molecule has 2 heterocycles. The minimum absolute atomic E-state index is 0.281. The summed E-state index contributed by atoms with van der Waals surface area (Å²) in [6.45, 7) is 4.66. The van der Waals surface area contributed by atoms with Crippen molar-refractivity contribution in [3.8, 4) is 0 Å². The average Bonchev–Trinajstić information content (AvgIpc) is 2.59. The van der Waals surface area contributed by atoms with Gasteiger partial charge in [-0.1, -0.05) is 12.1 Å². The van der Waals surface area contributed by atoms with Crippen LogP contribution in [0.5, 0.6) is 0 Å². The van der Waals surface area contributed by atoms with Crippen LogP contribution >= 0.6 is 15.9 Å². The molecule has 0 spiro atoms. The first-order valence-electron chi connectivity index (χ1n) is 5.82. The van der Waals surface area contributed by atoms with E-state index >= 15 is 0 Å². The number of rotatable bonds is 2. The number of hydrogen-bond donors (Lipinski definition) is 1. The highest BCUT2D eigenvalue weighted by Gasteiger charge is 2.45. The van der Waals surface area contributed by atoms with Crippen molar-refractivity contribution in [1.29, 1.82) is 0 Å². The molecule has 0 amide bonds. The van der Waals surface area contributed by atoms with Crippen LogP contribution in [0.2, 0.25) is 0 Å². The minimum atomic E-state index is -0.917. The summed E-state index contributed by atoms with van der Waals surface area (Å²) in [4.78, 5) is 0. The van der Waals surface area contributed by atoms with Gasteiger partial charge in [-0.05, 0) is 29.3 Å². The van der Waals surface area contributed by atoms with Crippen LogP contribution in [0.3, 0.4) is 0 Å². The summed E-state index contributed by atoms with van der Waals surface area (Å²) in [7, 11) is 1.80. The molecule has 1 aromatic rings. The first-order valence-corrected chi connectivity index (χ1v) is 6.61. The van der Waals surface area contributed by atoms with Crippen molar-refractivity contribution in [1.82, 2.24) is 15.0 Å². The minimum Gasteiger partial charge on any atom is -0.383 e. The summed E-state index contributed by atoms with van der Waals surface area (Å²) in [5.41, 5.74) is -0.461. The van der Waals surface area contributed by atoms with E-state index in [9.17, 15) is 5.11 Å². The number of halogens is 1. The Morgan fingerprint density at radius 1 is 1.59 bits per heavy atom. The van der Waals surface area contributed by atoms with Gasteiger partial charge in [-0.15, -0.1) is 5.10 Å². The van der Waals surface area contributed by atoms with Crippen molar-refractivity contribution in [2.45, 2.75) is 44.3 Å². The van der Waals surface area contributed by atoms with E-state index in [1.165, 1.54) is 0 Å². The molecule has 0 aromatic carbocycles. The van der Waals surface area contributed by atoms with Crippen molar-refractivity contribution in [2.75, 3.05) is 6.61 Å². The lowest BCUT2D eigenvalue weighted by Gasteiger charge is -2.42. The van der Waals surface area contributed by atoms with E-state index in [2.05, 4.69) is 33.2 Å². The normalized spacial score (nSPS) is 33.9. The quantitative estimate of drug-likeness (QED) is 0.904. The van der Waals surface area contributed by atoms with Crippen LogP contribution in [0.1, 0.15) is 38.8 Å². The van der Waals surface area contributed by atoms with Gasteiger partial charge in [-0.25, -0.2) is 4.68 Å². The molecule has 17 heavy (non-hydrogen) atoms. The molecule has 1 aliphatic heterocycles. The van der Waals surface area contributed by atoms with Crippen LogP contribution in [0.15, 0.2) is 4.60 Å². The predicted molar refractivity (Wildman–Crippen MR) is 66.5 cm³/mol. The van der Waals surface area contributed by atoms with Gasteiger partial charge in [0.1, 0.15) is 11.3 Å². The van der Waals surface area contributed by atoms with Crippen LogP contribution in [0, 0.1) is 0 Å². The highest BCUT2D eigenvalue weighted by molar-refractivity contribution is 9.10. The number of aromatic nitrogens is 3. The van der Waals surface area contributed by atoms with E-state index < -0.39 is 5.60 Å². The van der Waals surface area contributed by atoms with Crippen LogP contribution in [-0.4, -0.2) is 32.3 Å². The Labute approximate surface area is 109 Å². The zero-order valence-corrected chi connectivity index (χ0v) is 12.0. The Kier molecular flexibility index (Phi) is 3.31. The smallest absolute Gasteiger partial charge is 0.154 e. The summed E-state index contributed by atoms with van der Waals surface area (Å²) < 4.78 is 8.01. The van der Waals surface area contributed by atoms with Gasteiger partial charge in [0.2, 0.25) is 0 Å². The Balaban J connectivity index is 2.36. The summed E-state index contributed by atoms with van der Waals surface area (Å²) in [5.74, 6) is 0. The molecule has 0 bridgehead atoms. The fourth-order valence-electron chi connectivity index (χ4n) is 2.48. The molecule has 1 N–H and O–H groups in total. The monoisotopic (exact) mass is 303 g/mol. The second kappa shape index (κ2) is 4.33. The van der Waals surface area contributed by atoms with Gasteiger partial charge in [0, 0.05) is 19.9 Å². The van der Waals surface area contributed by atoms with E-state index in [1.54, 1.807) is 11.7 Å². The zero-order chi connectivity index (χ0) is 12.7. The van der Waals surface area contributed by atoms with Gasteiger partial charge in [0.25, 0.3) is 0 Å². The molecule has 0 radical (unpaired) electrons. The molecule has 96 valence electrons.